The summed E-state index contributed by atoms with van der Waals surface area (Å²) < 4.78 is 7.70. The van der Waals surface area contributed by atoms with Crippen LogP contribution in [0.3, 0.4) is 0 Å². The van der Waals surface area contributed by atoms with Crippen molar-refractivity contribution in [1.29, 1.82) is 0 Å². The van der Waals surface area contributed by atoms with Gasteiger partial charge in [0.2, 0.25) is 0 Å². The molecule has 0 amide bonds. The van der Waals surface area contributed by atoms with Crippen LogP contribution in [0.4, 0.5) is 0 Å². The van der Waals surface area contributed by atoms with Gasteiger partial charge in [0, 0.05) is 25.3 Å². The largest absolute Gasteiger partial charge is 0.508 e. The molecule has 5 nitrogen and oxygen atoms in total. The zero-order valence-electron chi connectivity index (χ0n) is 13.2. The number of benzene rings is 1. The fourth-order valence-corrected chi connectivity index (χ4v) is 2.83. The quantitative estimate of drug-likeness (QED) is 0.919. The molecule has 1 aromatic carbocycles. The minimum absolute atomic E-state index is 0.317. The van der Waals surface area contributed by atoms with Gasteiger partial charge >= 0.3 is 0 Å². The van der Waals surface area contributed by atoms with Crippen molar-refractivity contribution in [3.8, 4) is 5.75 Å². The smallest absolute Gasteiger partial charge is 0.135 e. The number of phenols is 1. The molecule has 2 heterocycles. The average Bonchev–Trinajstić information content (AvgIpc) is 2.93. The van der Waals surface area contributed by atoms with Crippen molar-refractivity contribution in [2.75, 3.05) is 13.7 Å². The Kier molecular flexibility index (Phi) is 4.45. The SMILES string of the molecule is CC(Cc1ccc(O)cc1)N(C)Cc1cnc2n1CCOC2. The molecular formula is C17H23N3O2. The first-order valence-corrected chi connectivity index (χ1v) is 7.72. The van der Waals surface area contributed by atoms with Crippen molar-refractivity contribution < 1.29 is 9.84 Å². The number of hydrogen-bond acceptors (Lipinski definition) is 4. The van der Waals surface area contributed by atoms with Crippen LogP contribution in [0.5, 0.6) is 5.75 Å². The molecular weight excluding hydrogens is 278 g/mol. The number of fused-ring (bicyclic) bond motifs is 1. The number of ether oxygens (including phenoxy) is 1. The van der Waals surface area contributed by atoms with E-state index >= 15 is 0 Å². The van der Waals surface area contributed by atoms with Crippen LogP contribution >= 0.6 is 0 Å². The van der Waals surface area contributed by atoms with Crippen molar-refractivity contribution in [1.82, 2.24) is 14.5 Å². The molecule has 2 aromatic rings. The van der Waals surface area contributed by atoms with E-state index in [1.54, 1.807) is 12.1 Å². The summed E-state index contributed by atoms with van der Waals surface area (Å²) in [4.78, 5) is 6.79. The van der Waals surface area contributed by atoms with E-state index in [0.717, 1.165) is 31.9 Å². The van der Waals surface area contributed by atoms with Crippen molar-refractivity contribution in [3.05, 3.63) is 47.5 Å². The lowest BCUT2D eigenvalue weighted by Crippen LogP contribution is -2.32. The summed E-state index contributed by atoms with van der Waals surface area (Å²) in [6.07, 6.45) is 2.93. The maximum Gasteiger partial charge on any atom is 0.135 e. The lowest BCUT2D eigenvalue weighted by atomic mass is 10.1. The van der Waals surface area contributed by atoms with Crippen molar-refractivity contribution in [2.45, 2.75) is 39.1 Å². The molecule has 0 saturated carbocycles. The van der Waals surface area contributed by atoms with Gasteiger partial charge < -0.3 is 14.4 Å². The standard InChI is InChI=1S/C17H23N3O2/c1-13(9-14-3-5-16(21)6-4-14)19(2)11-15-10-18-17-12-22-8-7-20(15)17/h3-6,10,13,21H,7-9,11-12H2,1-2H3. The molecule has 1 unspecified atom stereocenters. The molecule has 0 saturated heterocycles. The number of nitrogens with zero attached hydrogens (tertiary/aromatic N) is 3. The zero-order valence-corrected chi connectivity index (χ0v) is 13.2. The second-order valence-electron chi connectivity index (χ2n) is 6.00. The van der Waals surface area contributed by atoms with Crippen LogP contribution in [0.25, 0.3) is 0 Å². The van der Waals surface area contributed by atoms with E-state index in [2.05, 4.69) is 28.4 Å². The molecule has 118 valence electrons. The molecule has 1 atom stereocenters. The van der Waals surface area contributed by atoms with Crippen LogP contribution in [0.1, 0.15) is 24.0 Å². The van der Waals surface area contributed by atoms with Crippen LogP contribution < -0.4 is 0 Å². The van der Waals surface area contributed by atoms with Gasteiger partial charge in [-0.3, -0.25) is 4.90 Å². The van der Waals surface area contributed by atoms with Gasteiger partial charge in [0.1, 0.15) is 18.2 Å². The Bertz CT molecular complexity index is 621. The molecule has 1 aromatic heterocycles. The predicted octanol–water partition coefficient (Wildman–Crippen LogP) is 2.18. The fraction of sp³-hybridized carbons (Fsp3) is 0.471. The van der Waals surface area contributed by atoms with Crippen LogP contribution in [0.2, 0.25) is 0 Å². The first-order chi connectivity index (χ1) is 10.6. The molecule has 3 rings (SSSR count). The molecule has 5 heteroatoms. The maximum absolute atomic E-state index is 9.35. The third-order valence-electron chi connectivity index (χ3n) is 4.34. The number of imidazole rings is 1. The summed E-state index contributed by atoms with van der Waals surface area (Å²) in [5.41, 5.74) is 2.49. The number of aromatic hydroxyl groups is 1. The van der Waals surface area contributed by atoms with Gasteiger partial charge in [0.05, 0.1) is 12.3 Å². The van der Waals surface area contributed by atoms with E-state index in [0.29, 0.717) is 18.4 Å². The van der Waals surface area contributed by atoms with E-state index in [9.17, 15) is 5.11 Å². The zero-order chi connectivity index (χ0) is 15.5. The van der Waals surface area contributed by atoms with Gasteiger partial charge in [-0.1, -0.05) is 12.1 Å². The Morgan fingerprint density at radius 3 is 2.91 bits per heavy atom. The van der Waals surface area contributed by atoms with Crippen molar-refractivity contribution in [3.63, 3.8) is 0 Å². The van der Waals surface area contributed by atoms with Crippen LogP contribution in [0.15, 0.2) is 30.5 Å². The molecule has 0 bridgehead atoms. The van der Waals surface area contributed by atoms with Crippen LogP contribution in [-0.2, 0) is 30.9 Å². The summed E-state index contributed by atoms with van der Waals surface area (Å²) in [6.45, 7) is 5.39. The average molecular weight is 301 g/mol. The Morgan fingerprint density at radius 1 is 1.36 bits per heavy atom. The van der Waals surface area contributed by atoms with E-state index < -0.39 is 0 Å². The van der Waals surface area contributed by atoms with Crippen molar-refractivity contribution in [2.24, 2.45) is 0 Å². The van der Waals surface area contributed by atoms with Crippen molar-refractivity contribution >= 4 is 0 Å². The maximum atomic E-state index is 9.35. The van der Waals surface area contributed by atoms with Crippen LogP contribution in [-0.4, -0.2) is 39.3 Å². The lowest BCUT2D eigenvalue weighted by Gasteiger charge is -2.26. The monoisotopic (exact) mass is 301 g/mol. The molecule has 0 radical (unpaired) electrons. The summed E-state index contributed by atoms with van der Waals surface area (Å²) in [6, 6.07) is 7.87. The molecule has 1 aliphatic rings. The lowest BCUT2D eigenvalue weighted by molar-refractivity contribution is 0.0795. The molecule has 0 fully saturated rings. The Morgan fingerprint density at radius 2 is 2.14 bits per heavy atom. The summed E-state index contributed by atoms with van der Waals surface area (Å²) in [5.74, 6) is 1.35. The highest BCUT2D eigenvalue weighted by atomic mass is 16.5. The topological polar surface area (TPSA) is 50.5 Å². The minimum Gasteiger partial charge on any atom is -0.508 e. The van der Waals surface area contributed by atoms with E-state index in [1.165, 1.54) is 11.3 Å². The number of hydrogen-bond donors (Lipinski definition) is 1. The molecule has 0 aliphatic carbocycles. The number of rotatable bonds is 5. The van der Waals surface area contributed by atoms with E-state index in [4.69, 9.17) is 4.74 Å². The third kappa shape index (κ3) is 3.31. The van der Waals surface area contributed by atoms with Gasteiger partial charge in [-0.25, -0.2) is 4.98 Å². The summed E-state index contributed by atoms with van der Waals surface area (Å²) >= 11 is 0. The fourth-order valence-electron chi connectivity index (χ4n) is 2.83. The highest BCUT2D eigenvalue weighted by molar-refractivity contribution is 5.26. The van der Waals surface area contributed by atoms with E-state index in [1.807, 2.05) is 18.3 Å². The third-order valence-corrected chi connectivity index (χ3v) is 4.34. The normalized spacial score (nSPS) is 15.8. The molecule has 1 aliphatic heterocycles. The second kappa shape index (κ2) is 6.50. The molecule has 0 spiro atoms. The van der Waals surface area contributed by atoms with Gasteiger partial charge in [0.15, 0.2) is 0 Å². The number of phenolic OH excluding ortho intramolecular Hbond substituents is 1. The summed E-state index contributed by atoms with van der Waals surface area (Å²) in [5, 5.41) is 9.35. The molecule has 1 N–H and O–H groups in total. The molecule has 22 heavy (non-hydrogen) atoms. The number of likely N-dealkylation sites (N-methyl/N-ethyl adjacent to an activating group) is 1. The van der Waals surface area contributed by atoms with Gasteiger partial charge in [0.25, 0.3) is 0 Å². The van der Waals surface area contributed by atoms with E-state index in [-0.39, 0.29) is 0 Å². The first-order valence-electron chi connectivity index (χ1n) is 7.72. The Labute approximate surface area is 131 Å². The first kappa shape index (κ1) is 15.1. The Hall–Kier alpha value is -1.85. The van der Waals surface area contributed by atoms with Crippen LogP contribution in [0, 0.1) is 0 Å². The van der Waals surface area contributed by atoms with Gasteiger partial charge in [-0.2, -0.15) is 0 Å². The number of aromatic nitrogens is 2. The highest BCUT2D eigenvalue weighted by Crippen LogP contribution is 2.16. The Balaban J connectivity index is 1.62. The predicted molar refractivity (Wildman–Crippen MR) is 84.6 cm³/mol. The van der Waals surface area contributed by atoms with Gasteiger partial charge in [-0.15, -0.1) is 0 Å². The van der Waals surface area contributed by atoms with Gasteiger partial charge in [-0.05, 0) is 38.1 Å². The second-order valence-corrected chi connectivity index (χ2v) is 6.00. The minimum atomic E-state index is 0.317. The highest BCUT2D eigenvalue weighted by Gasteiger charge is 2.17. The summed E-state index contributed by atoms with van der Waals surface area (Å²) in [7, 11) is 2.14.